The molecule has 0 aromatic carbocycles. The third kappa shape index (κ3) is 3.41. The average molecular weight is 264 g/mol. The maximum absolute atomic E-state index is 12.4. The molecule has 0 spiro atoms. The van der Waals surface area contributed by atoms with Crippen LogP contribution in [0.25, 0.3) is 0 Å². The van der Waals surface area contributed by atoms with Crippen molar-refractivity contribution in [3.05, 3.63) is 0 Å². The highest BCUT2D eigenvalue weighted by molar-refractivity contribution is 5.82. The number of carbonyl (C=O) groups is 1. The lowest BCUT2D eigenvalue weighted by Gasteiger charge is -2.43. The van der Waals surface area contributed by atoms with E-state index in [1.807, 2.05) is 0 Å². The van der Waals surface area contributed by atoms with E-state index in [0.29, 0.717) is 23.0 Å². The minimum Gasteiger partial charge on any atom is -0.299 e. The van der Waals surface area contributed by atoms with Crippen LogP contribution in [0.4, 0.5) is 0 Å². The largest absolute Gasteiger partial charge is 0.299 e. The highest BCUT2D eigenvalue weighted by atomic mass is 16.1. The van der Waals surface area contributed by atoms with Crippen LogP contribution in [0.1, 0.15) is 79.1 Å². The van der Waals surface area contributed by atoms with Crippen LogP contribution in [0.2, 0.25) is 0 Å². The van der Waals surface area contributed by atoms with Gasteiger partial charge in [0.05, 0.1) is 0 Å². The lowest BCUT2D eigenvalue weighted by Crippen LogP contribution is -2.39. The second kappa shape index (κ2) is 5.97. The van der Waals surface area contributed by atoms with Crippen LogP contribution >= 0.6 is 0 Å². The van der Waals surface area contributed by atoms with Gasteiger partial charge in [0.15, 0.2) is 0 Å². The summed E-state index contributed by atoms with van der Waals surface area (Å²) in [4.78, 5) is 12.4. The summed E-state index contributed by atoms with van der Waals surface area (Å²) in [6.45, 7) is 9.37. The van der Waals surface area contributed by atoms with Gasteiger partial charge in [-0.05, 0) is 42.4 Å². The van der Waals surface area contributed by atoms with Crippen molar-refractivity contribution in [3.63, 3.8) is 0 Å². The second-order valence-corrected chi connectivity index (χ2v) is 8.03. The zero-order chi connectivity index (χ0) is 14.0. The van der Waals surface area contributed by atoms with Gasteiger partial charge >= 0.3 is 0 Å². The highest BCUT2D eigenvalue weighted by Crippen LogP contribution is 2.46. The molecule has 0 aromatic rings. The second-order valence-electron chi connectivity index (χ2n) is 8.03. The molecule has 2 fully saturated rings. The van der Waals surface area contributed by atoms with E-state index >= 15 is 0 Å². The van der Waals surface area contributed by atoms with Crippen LogP contribution in [0.5, 0.6) is 0 Å². The molecule has 2 rings (SSSR count). The maximum Gasteiger partial charge on any atom is 0.136 e. The summed E-state index contributed by atoms with van der Waals surface area (Å²) >= 11 is 0. The van der Waals surface area contributed by atoms with Crippen molar-refractivity contribution in [2.75, 3.05) is 0 Å². The molecule has 0 heterocycles. The van der Waals surface area contributed by atoms with Crippen LogP contribution in [0, 0.1) is 29.1 Å². The first-order valence-electron chi connectivity index (χ1n) is 8.46. The van der Waals surface area contributed by atoms with Crippen LogP contribution in [0.3, 0.4) is 0 Å². The normalized spacial score (nSPS) is 37.4. The van der Waals surface area contributed by atoms with Gasteiger partial charge in [-0.2, -0.15) is 0 Å². The summed E-state index contributed by atoms with van der Waals surface area (Å²) in [6.07, 6.45) is 9.83. The molecule has 0 bridgehead atoms. The number of hydrogen-bond donors (Lipinski definition) is 0. The zero-order valence-corrected chi connectivity index (χ0v) is 13.4. The minimum absolute atomic E-state index is 0.370. The predicted octanol–water partition coefficient (Wildman–Crippen LogP) is 5.23. The third-order valence-electron chi connectivity index (χ3n) is 5.93. The number of rotatable bonds is 2. The standard InChI is InChI=1S/C18H32O/c1-5-13-8-6-7-9-15(13)16-12-14(18(2,3)4)10-11-17(16)19/h13-16H,5-12H2,1-4H3. The Kier molecular flexibility index (Phi) is 4.74. The van der Waals surface area contributed by atoms with Crippen molar-refractivity contribution >= 4 is 5.78 Å². The summed E-state index contributed by atoms with van der Waals surface area (Å²) in [7, 11) is 0. The Morgan fingerprint density at radius 2 is 1.79 bits per heavy atom. The van der Waals surface area contributed by atoms with Crippen molar-refractivity contribution in [3.8, 4) is 0 Å². The van der Waals surface area contributed by atoms with Gasteiger partial charge in [0.1, 0.15) is 5.78 Å². The molecular weight excluding hydrogens is 232 g/mol. The molecule has 0 aromatic heterocycles. The highest BCUT2D eigenvalue weighted by Gasteiger charge is 2.41. The molecule has 0 aliphatic heterocycles. The molecular formula is C18H32O. The number of ketones is 1. The van der Waals surface area contributed by atoms with E-state index in [9.17, 15) is 4.79 Å². The zero-order valence-electron chi connectivity index (χ0n) is 13.4. The molecule has 1 nitrogen and oxygen atoms in total. The van der Waals surface area contributed by atoms with E-state index in [1.165, 1.54) is 38.5 Å². The van der Waals surface area contributed by atoms with Gasteiger partial charge in [0.2, 0.25) is 0 Å². The third-order valence-corrected chi connectivity index (χ3v) is 5.93. The first-order valence-corrected chi connectivity index (χ1v) is 8.46. The molecule has 0 amide bonds. The number of hydrogen-bond acceptors (Lipinski definition) is 1. The predicted molar refractivity (Wildman–Crippen MR) is 81.0 cm³/mol. The number of Topliss-reactive ketones (excluding diaryl/α,β-unsaturated/α-hetero) is 1. The van der Waals surface area contributed by atoms with Crippen molar-refractivity contribution in [1.82, 2.24) is 0 Å². The molecule has 19 heavy (non-hydrogen) atoms. The topological polar surface area (TPSA) is 17.1 Å². The van der Waals surface area contributed by atoms with Crippen LogP contribution in [0.15, 0.2) is 0 Å². The first kappa shape index (κ1) is 15.1. The monoisotopic (exact) mass is 264 g/mol. The molecule has 2 aliphatic rings. The lowest BCUT2D eigenvalue weighted by atomic mass is 9.61. The van der Waals surface area contributed by atoms with Crippen molar-refractivity contribution < 1.29 is 4.79 Å². The Bertz CT molecular complexity index is 312. The molecule has 1 heteroatoms. The minimum atomic E-state index is 0.370. The van der Waals surface area contributed by atoms with Gasteiger partial charge in [0.25, 0.3) is 0 Å². The van der Waals surface area contributed by atoms with Crippen LogP contribution < -0.4 is 0 Å². The van der Waals surface area contributed by atoms with Crippen molar-refractivity contribution in [2.45, 2.75) is 79.1 Å². The molecule has 0 saturated heterocycles. The Hall–Kier alpha value is -0.330. The summed E-state index contributed by atoms with van der Waals surface area (Å²) < 4.78 is 0. The Balaban J connectivity index is 2.09. The molecule has 0 radical (unpaired) electrons. The molecule has 110 valence electrons. The van der Waals surface area contributed by atoms with Gasteiger partial charge in [-0.3, -0.25) is 4.79 Å². The molecule has 4 atom stereocenters. The Labute approximate surface area is 119 Å². The summed E-state index contributed by atoms with van der Waals surface area (Å²) in [5.74, 6) is 3.25. The van der Waals surface area contributed by atoms with E-state index in [0.717, 1.165) is 24.7 Å². The summed E-state index contributed by atoms with van der Waals surface area (Å²) in [5.41, 5.74) is 0.370. The van der Waals surface area contributed by atoms with Gasteiger partial charge in [-0.15, -0.1) is 0 Å². The fourth-order valence-electron chi connectivity index (χ4n) is 4.53. The van der Waals surface area contributed by atoms with E-state index in [4.69, 9.17) is 0 Å². The molecule has 4 unspecified atom stereocenters. The lowest BCUT2D eigenvalue weighted by molar-refractivity contribution is -0.130. The van der Waals surface area contributed by atoms with Gasteiger partial charge in [0, 0.05) is 12.3 Å². The smallest absolute Gasteiger partial charge is 0.136 e. The average Bonchev–Trinajstić information content (AvgIpc) is 2.38. The van der Waals surface area contributed by atoms with Crippen LogP contribution in [-0.4, -0.2) is 5.78 Å². The van der Waals surface area contributed by atoms with E-state index < -0.39 is 0 Å². The van der Waals surface area contributed by atoms with Crippen molar-refractivity contribution in [1.29, 1.82) is 0 Å². The van der Waals surface area contributed by atoms with Gasteiger partial charge < -0.3 is 0 Å². The molecule has 2 aliphatic carbocycles. The molecule has 2 saturated carbocycles. The fraction of sp³-hybridized carbons (Fsp3) is 0.944. The maximum atomic E-state index is 12.4. The van der Waals surface area contributed by atoms with E-state index in [1.54, 1.807) is 0 Å². The quantitative estimate of drug-likeness (QED) is 0.667. The van der Waals surface area contributed by atoms with Crippen molar-refractivity contribution in [2.24, 2.45) is 29.1 Å². The Morgan fingerprint density at radius 1 is 1.11 bits per heavy atom. The van der Waals surface area contributed by atoms with E-state index in [2.05, 4.69) is 27.7 Å². The summed E-state index contributed by atoms with van der Waals surface area (Å²) in [6, 6.07) is 0. The Morgan fingerprint density at radius 3 is 2.42 bits per heavy atom. The SMILES string of the molecule is CCC1CCCCC1C1CC(C(C)(C)C)CCC1=O. The van der Waals surface area contributed by atoms with E-state index in [-0.39, 0.29) is 0 Å². The fourth-order valence-corrected chi connectivity index (χ4v) is 4.53. The molecule has 0 N–H and O–H groups in total. The first-order chi connectivity index (χ1) is 8.93. The van der Waals surface area contributed by atoms with Gasteiger partial charge in [-0.1, -0.05) is 53.4 Å². The van der Waals surface area contributed by atoms with Gasteiger partial charge in [-0.25, -0.2) is 0 Å². The summed E-state index contributed by atoms with van der Waals surface area (Å²) in [5, 5.41) is 0. The number of carbonyl (C=O) groups excluding carboxylic acids is 1. The van der Waals surface area contributed by atoms with Crippen LogP contribution in [-0.2, 0) is 4.79 Å².